The Hall–Kier alpha value is -0.570. The first-order valence-corrected chi connectivity index (χ1v) is 6.78. The van der Waals surface area contributed by atoms with E-state index >= 15 is 0 Å². The van der Waals surface area contributed by atoms with Gasteiger partial charge in [0.15, 0.2) is 0 Å². The molecule has 0 amide bonds. The van der Waals surface area contributed by atoms with E-state index in [1.807, 2.05) is 13.0 Å². The zero-order chi connectivity index (χ0) is 12.5. The van der Waals surface area contributed by atoms with E-state index in [1.165, 1.54) is 18.4 Å². The van der Waals surface area contributed by atoms with Gasteiger partial charge in [0, 0.05) is 11.6 Å². The van der Waals surface area contributed by atoms with Crippen LogP contribution in [0.5, 0.6) is 0 Å². The lowest BCUT2D eigenvalue weighted by Crippen LogP contribution is -2.22. The molecule has 1 aromatic carbocycles. The van der Waals surface area contributed by atoms with E-state index < -0.39 is 0 Å². The van der Waals surface area contributed by atoms with Crippen molar-refractivity contribution in [1.29, 1.82) is 0 Å². The molecule has 0 saturated heterocycles. The van der Waals surface area contributed by atoms with Crippen molar-refractivity contribution in [3.05, 3.63) is 34.3 Å². The minimum Gasteiger partial charge on any atom is -0.317 e. The van der Waals surface area contributed by atoms with Crippen molar-refractivity contribution in [3.8, 4) is 0 Å². The molecule has 0 aromatic heterocycles. The largest absolute Gasteiger partial charge is 0.317 e. The number of hydrogen-bond acceptors (Lipinski definition) is 2. The number of hydrogen-bond donors (Lipinski definition) is 2. The van der Waals surface area contributed by atoms with Crippen LogP contribution in [-0.4, -0.2) is 19.6 Å². The number of benzene rings is 1. The standard InChI is InChI=1S/C14H23ClN2/c1-3-7-16-8-4-9-17-11-13-6-5-12(2)14(15)10-13/h5-6,10,16-17H,3-4,7-9,11H2,1-2H3. The summed E-state index contributed by atoms with van der Waals surface area (Å²) in [6.07, 6.45) is 2.37. The molecule has 2 nitrogen and oxygen atoms in total. The molecule has 0 atom stereocenters. The van der Waals surface area contributed by atoms with Gasteiger partial charge in [-0.1, -0.05) is 30.7 Å². The van der Waals surface area contributed by atoms with Crippen molar-refractivity contribution >= 4 is 11.6 Å². The Balaban J connectivity index is 2.11. The zero-order valence-corrected chi connectivity index (χ0v) is 11.6. The molecule has 0 radical (unpaired) electrons. The summed E-state index contributed by atoms with van der Waals surface area (Å²) in [5.74, 6) is 0. The quantitative estimate of drug-likeness (QED) is 0.697. The van der Waals surface area contributed by atoms with Gasteiger partial charge >= 0.3 is 0 Å². The molecule has 0 fully saturated rings. The van der Waals surface area contributed by atoms with Crippen molar-refractivity contribution in [2.24, 2.45) is 0 Å². The Bertz CT molecular complexity index is 326. The molecule has 96 valence electrons. The lowest BCUT2D eigenvalue weighted by molar-refractivity contribution is 0.592. The Morgan fingerprint density at radius 1 is 1.12 bits per heavy atom. The van der Waals surface area contributed by atoms with Crippen molar-refractivity contribution < 1.29 is 0 Å². The number of rotatable bonds is 8. The van der Waals surface area contributed by atoms with Crippen LogP contribution in [0.15, 0.2) is 18.2 Å². The molecule has 17 heavy (non-hydrogen) atoms. The molecule has 0 unspecified atom stereocenters. The summed E-state index contributed by atoms with van der Waals surface area (Å²) < 4.78 is 0. The summed E-state index contributed by atoms with van der Waals surface area (Å²) in [6, 6.07) is 6.24. The molecule has 1 aromatic rings. The summed E-state index contributed by atoms with van der Waals surface area (Å²) in [5, 5.41) is 7.67. The van der Waals surface area contributed by atoms with Crippen molar-refractivity contribution in [1.82, 2.24) is 10.6 Å². The van der Waals surface area contributed by atoms with E-state index in [0.29, 0.717) is 0 Å². The topological polar surface area (TPSA) is 24.1 Å². The van der Waals surface area contributed by atoms with Gasteiger partial charge in [-0.3, -0.25) is 0 Å². The predicted molar refractivity (Wildman–Crippen MR) is 75.7 cm³/mol. The van der Waals surface area contributed by atoms with Crippen LogP contribution in [0.25, 0.3) is 0 Å². The molecular formula is C14H23ClN2. The van der Waals surface area contributed by atoms with Crippen LogP contribution < -0.4 is 10.6 Å². The highest BCUT2D eigenvalue weighted by molar-refractivity contribution is 6.31. The summed E-state index contributed by atoms with van der Waals surface area (Å²) in [6.45, 7) is 8.37. The Morgan fingerprint density at radius 3 is 2.59 bits per heavy atom. The van der Waals surface area contributed by atoms with Crippen LogP contribution in [0.2, 0.25) is 5.02 Å². The molecular weight excluding hydrogens is 232 g/mol. The van der Waals surface area contributed by atoms with Gasteiger partial charge in [0.05, 0.1) is 0 Å². The molecule has 0 aliphatic rings. The fourth-order valence-corrected chi connectivity index (χ4v) is 1.82. The summed E-state index contributed by atoms with van der Waals surface area (Å²) in [5.41, 5.74) is 2.39. The predicted octanol–water partition coefficient (Wildman–Crippen LogP) is 3.13. The normalized spacial score (nSPS) is 10.8. The third-order valence-corrected chi connectivity index (χ3v) is 3.11. The molecule has 0 spiro atoms. The number of nitrogens with one attached hydrogen (secondary N) is 2. The van der Waals surface area contributed by atoms with Gasteiger partial charge in [0.2, 0.25) is 0 Å². The maximum Gasteiger partial charge on any atom is 0.0438 e. The fourth-order valence-electron chi connectivity index (χ4n) is 1.62. The first-order chi connectivity index (χ1) is 8.24. The Morgan fingerprint density at radius 2 is 1.88 bits per heavy atom. The molecule has 0 aliphatic carbocycles. The van der Waals surface area contributed by atoms with E-state index in [4.69, 9.17) is 11.6 Å². The SMILES string of the molecule is CCCNCCCNCc1ccc(C)c(Cl)c1. The molecule has 1 rings (SSSR count). The summed E-state index contributed by atoms with van der Waals surface area (Å²) >= 11 is 6.07. The van der Waals surface area contributed by atoms with Crippen LogP contribution in [0.1, 0.15) is 30.9 Å². The minimum atomic E-state index is 0.855. The lowest BCUT2D eigenvalue weighted by atomic mass is 10.1. The Kier molecular flexibility index (Phi) is 7.25. The fraction of sp³-hybridized carbons (Fsp3) is 0.571. The average molecular weight is 255 g/mol. The summed E-state index contributed by atoms with van der Waals surface area (Å²) in [4.78, 5) is 0. The molecule has 0 aliphatic heterocycles. The van der Waals surface area contributed by atoms with Gasteiger partial charge in [-0.15, -0.1) is 0 Å². The average Bonchev–Trinajstić information content (AvgIpc) is 2.32. The number of halogens is 1. The Labute approximate surface area is 110 Å². The van der Waals surface area contributed by atoms with Gasteiger partial charge in [0.25, 0.3) is 0 Å². The van der Waals surface area contributed by atoms with Gasteiger partial charge in [-0.05, 0) is 56.6 Å². The second-order valence-corrected chi connectivity index (χ2v) is 4.77. The van der Waals surface area contributed by atoms with Crippen LogP contribution >= 0.6 is 11.6 Å². The summed E-state index contributed by atoms with van der Waals surface area (Å²) in [7, 11) is 0. The second kappa shape index (κ2) is 8.51. The highest BCUT2D eigenvalue weighted by Gasteiger charge is 1.97. The third-order valence-electron chi connectivity index (χ3n) is 2.70. The van der Waals surface area contributed by atoms with Gasteiger partial charge < -0.3 is 10.6 Å². The van der Waals surface area contributed by atoms with Crippen LogP contribution in [0, 0.1) is 6.92 Å². The number of aryl methyl sites for hydroxylation is 1. The van der Waals surface area contributed by atoms with E-state index in [9.17, 15) is 0 Å². The van der Waals surface area contributed by atoms with Crippen molar-refractivity contribution in [2.45, 2.75) is 33.2 Å². The van der Waals surface area contributed by atoms with Gasteiger partial charge in [0.1, 0.15) is 0 Å². The monoisotopic (exact) mass is 254 g/mol. The van der Waals surface area contributed by atoms with Crippen molar-refractivity contribution in [2.75, 3.05) is 19.6 Å². The third kappa shape index (κ3) is 6.06. The van der Waals surface area contributed by atoms with Crippen LogP contribution in [0.3, 0.4) is 0 Å². The molecule has 2 N–H and O–H groups in total. The first kappa shape index (κ1) is 14.5. The molecule has 0 bridgehead atoms. The first-order valence-electron chi connectivity index (χ1n) is 6.40. The van der Waals surface area contributed by atoms with Gasteiger partial charge in [-0.2, -0.15) is 0 Å². The van der Waals surface area contributed by atoms with E-state index in [0.717, 1.165) is 36.8 Å². The van der Waals surface area contributed by atoms with Crippen molar-refractivity contribution in [3.63, 3.8) is 0 Å². The van der Waals surface area contributed by atoms with Crippen LogP contribution in [0.4, 0.5) is 0 Å². The van der Waals surface area contributed by atoms with Crippen LogP contribution in [-0.2, 0) is 6.54 Å². The second-order valence-electron chi connectivity index (χ2n) is 4.36. The molecule has 0 heterocycles. The minimum absolute atomic E-state index is 0.855. The molecule has 0 saturated carbocycles. The highest BCUT2D eigenvalue weighted by atomic mass is 35.5. The van der Waals surface area contributed by atoms with E-state index in [2.05, 4.69) is 29.7 Å². The molecule has 3 heteroatoms. The zero-order valence-electron chi connectivity index (χ0n) is 10.9. The maximum absolute atomic E-state index is 6.07. The van der Waals surface area contributed by atoms with Gasteiger partial charge in [-0.25, -0.2) is 0 Å². The lowest BCUT2D eigenvalue weighted by Gasteiger charge is -2.07. The smallest absolute Gasteiger partial charge is 0.0438 e. The maximum atomic E-state index is 6.07. The van der Waals surface area contributed by atoms with E-state index in [1.54, 1.807) is 0 Å². The van der Waals surface area contributed by atoms with E-state index in [-0.39, 0.29) is 0 Å². The highest BCUT2D eigenvalue weighted by Crippen LogP contribution is 2.16.